The van der Waals surface area contributed by atoms with Crippen LogP contribution in [0.4, 0.5) is 0 Å². The van der Waals surface area contributed by atoms with Crippen molar-refractivity contribution in [2.24, 2.45) is 5.92 Å². The molecule has 1 heterocycles. The lowest BCUT2D eigenvalue weighted by Crippen LogP contribution is -2.35. The van der Waals surface area contributed by atoms with E-state index >= 15 is 0 Å². The SMILES string of the molecule is CCC(=O)CC1CCCC12OCCO2. The average Bonchev–Trinajstić information content (AvgIpc) is 2.79. The van der Waals surface area contributed by atoms with Crippen molar-refractivity contribution in [1.82, 2.24) is 0 Å². The van der Waals surface area contributed by atoms with Gasteiger partial charge in [-0.15, -0.1) is 0 Å². The topological polar surface area (TPSA) is 35.5 Å². The summed E-state index contributed by atoms with van der Waals surface area (Å²) in [5.74, 6) is 0.248. The predicted octanol–water partition coefficient (Wildman–Crippen LogP) is 1.90. The molecule has 1 spiro atoms. The van der Waals surface area contributed by atoms with Crippen LogP contribution in [0.15, 0.2) is 0 Å². The van der Waals surface area contributed by atoms with E-state index in [1.165, 1.54) is 0 Å². The second kappa shape index (κ2) is 3.99. The fourth-order valence-corrected chi connectivity index (χ4v) is 2.55. The van der Waals surface area contributed by atoms with Crippen LogP contribution in [0, 0.1) is 5.92 Å². The largest absolute Gasteiger partial charge is 0.347 e. The lowest BCUT2D eigenvalue weighted by Gasteiger charge is -2.28. The molecule has 3 heteroatoms. The Balaban J connectivity index is 1.99. The number of hydrogen-bond donors (Lipinski definition) is 0. The third kappa shape index (κ3) is 1.71. The molecule has 0 N–H and O–H groups in total. The Morgan fingerprint density at radius 1 is 1.43 bits per heavy atom. The number of carbonyl (C=O) groups is 1. The number of carbonyl (C=O) groups excluding carboxylic acids is 1. The number of ether oxygens (including phenoxy) is 2. The third-order valence-corrected chi connectivity index (χ3v) is 3.34. The van der Waals surface area contributed by atoms with E-state index < -0.39 is 0 Å². The zero-order valence-corrected chi connectivity index (χ0v) is 8.75. The van der Waals surface area contributed by atoms with Gasteiger partial charge in [0.25, 0.3) is 0 Å². The van der Waals surface area contributed by atoms with E-state index in [0.29, 0.717) is 37.8 Å². The van der Waals surface area contributed by atoms with Crippen LogP contribution in [0.1, 0.15) is 39.0 Å². The molecule has 1 aliphatic heterocycles. The third-order valence-electron chi connectivity index (χ3n) is 3.34. The van der Waals surface area contributed by atoms with E-state index in [4.69, 9.17) is 9.47 Å². The summed E-state index contributed by atoms with van der Waals surface area (Å²) in [7, 11) is 0. The summed E-state index contributed by atoms with van der Waals surface area (Å²) >= 11 is 0. The minimum atomic E-state index is -0.384. The minimum Gasteiger partial charge on any atom is -0.347 e. The van der Waals surface area contributed by atoms with Gasteiger partial charge in [-0.25, -0.2) is 0 Å². The molecular formula is C11H18O3. The summed E-state index contributed by atoms with van der Waals surface area (Å²) < 4.78 is 11.4. The van der Waals surface area contributed by atoms with Gasteiger partial charge in [-0.3, -0.25) is 4.79 Å². The molecule has 0 aromatic heterocycles. The maximum absolute atomic E-state index is 11.4. The highest BCUT2D eigenvalue weighted by molar-refractivity contribution is 5.78. The van der Waals surface area contributed by atoms with Crippen molar-refractivity contribution >= 4 is 5.78 Å². The quantitative estimate of drug-likeness (QED) is 0.694. The maximum atomic E-state index is 11.4. The van der Waals surface area contributed by atoms with Crippen molar-refractivity contribution in [3.63, 3.8) is 0 Å². The first-order valence-corrected chi connectivity index (χ1v) is 5.56. The van der Waals surface area contributed by atoms with E-state index in [0.717, 1.165) is 19.3 Å². The fraction of sp³-hybridized carbons (Fsp3) is 0.909. The highest BCUT2D eigenvalue weighted by Gasteiger charge is 2.48. The molecule has 1 aliphatic carbocycles. The van der Waals surface area contributed by atoms with Gasteiger partial charge in [0.15, 0.2) is 5.79 Å². The fourth-order valence-electron chi connectivity index (χ4n) is 2.55. The Morgan fingerprint density at radius 3 is 2.79 bits per heavy atom. The molecule has 3 nitrogen and oxygen atoms in total. The molecule has 0 radical (unpaired) electrons. The lowest BCUT2D eigenvalue weighted by molar-refractivity contribution is -0.183. The summed E-state index contributed by atoms with van der Waals surface area (Å²) in [5, 5.41) is 0. The molecule has 0 aromatic carbocycles. The zero-order chi connectivity index (χ0) is 10.0. The van der Waals surface area contributed by atoms with Crippen LogP contribution in [0.5, 0.6) is 0 Å². The molecule has 14 heavy (non-hydrogen) atoms. The molecule has 0 aromatic rings. The first kappa shape index (κ1) is 10.1. The Hall–Kier alpha value is -0.410. The lowest BCUT2D eigenvalue weighted by atomic mass is 9.95. The van der Waals surface area contributed by atoms with Gasteiger partial charge < -0.3 is 9.47 Å². The van der Waals surface area contributed by atoms with Gasteiger partial charge in [0.05, 0.1) is 13.2 Å². The first-order valence-electron chi connectivity index (χ1n) is 5.56. The van der Waals surface area contributed by atoms with Gasteiger partial charge in [0, 0.05) is 25.2 Å². The zero-order valence-electron chi connectivity index (χ0n) is 8.75. The van der Waals surface area contributed by atoms with Crippen molar-refractivity contribution in [3.8, 4) is 0 Å². The normalized spacial score (nSPS) is 29.9. The van der Waals surface area contributed by atoms with Crippen molar-refractivity contribution in [2.75, 3.05) is 13.2 Å². The predicted molar refractivity (Wildman–Crippen MR) is 51.9 cm³/mol. The van der Waals surface area contributed by atoms with Crippen molar-refractivity contribution in [3.05, 3.63) is 0 Å². The maximum Gasteiger partial charge on any atom is 0.171 e. The van der Waals surface area contributed by atoms with E-state index in [2.05, 4.69) is 0 Å². The smallest absolute Gasteiger partial charge is 0.171 e. The number of Topliss-reactive ketones (excluding diaryl/α,β-unsaturated/α-hetero) is 1. The van der Waals surface area contributed by atoms with Gasteiger partial charge in [0.1, 0.15) is 5.78 Å². The first-order chi connectivity index (χ1) is 6.77. The Kier molecular flexibility index (Phi) is 2.88. The summed E-state index contributed by atoms with van der Waals surface area (Å²) in [5.41, 5.74) is 0. The molecule has 1 saturated heterocycles. The van der Waals surface area contributed by atoms with Crippen molar-refractivity contribution in [1.29, 1.82) is 0 Å². The standard InChI is InChI=1S/C11H18O3/c1-2-10(12)8-9-4-3-5-11(9)13-6-7-14-11/h9H,2-8H2,1H3. The Bertz CT molecular complexity index is 213. The van der Waals surface area contributed by atoms with E-state index in [-0.39, 0.29) is 5.79 Å². The highest BCUT2D eigenvalue weighted by atomic mass is 16.7. The molecule has 2 fully saturated rings. The molecule has 1 saturated carbocycles. The van der Waals surface area contributed by atoms with Gasteiger partial charge in [-0.05, 0) is 12.8 Å². The summed E-state index contributed by atoms with van der Waals surface area (Å²) in [6.45, 7) is 3.30. The number of ketones is 1. The van der Waals surface area contributed by atoms with Crippen LogP contribution in [-0.2, 0) is 14.3 Å². The van der Waals surface area contributed by atoms with Crippen LogP contribution in [0.25, 0.3) is 0 Å². The van der Waals surface area contributed by atoms with Gasteiger partial charge in [-0.1, -0.05) is 6.92 Å². The molecule has 2 aliphatic rings. The van der Waals surface area contributed by atoms with Gasteiger partial charge in [0.2, 0.25) is 0 Å². The summed E-state index contributed by atoms with van der Waals surface area (Å²) in [6, 6.07) is 0. The van der Waals surface area contributed by atoms with Crippen molar-refractivity contribution < 1.29 is 14.3 Å². The minimum absolute atomic E-state index is 0.303. The Morgan fingerprint density at radius 2 is 2.14 bits per heavy atom. The second-order valence-electron chi connectivity index (χ2n) is 4.19. The van der Waals surface area contributed by atoms with Crippen LogP contribution in [-0.4, -0.2) is 24.8 Å². The van der Waals surface area contributed by atoms with E-state index in [1.54, 1.807) is 0 Å². The molecule has 0 amide bonds. The average molecular weight is 198 g/mol. The van der Waals surface area contributed by atoms with Crippen LogP contribution in [0.3, 0.4) is 0 Å². The summed E-state index contributed by atoms with van der Waals surface area (Å²) in [6.07, 6.45) is 4.44. The van der Waals surface area contributed by atoms with Crippen molar-refractivity contribution in [2.45, 2.75) is 44.8 Å². The molecule has 0 bridgehead atoms. The van der Waals surface area contributed by atoms with E-state index in [9.17, 15) is 4.79 Å². The number of rotatable bonds is 3. The molecule has 80 valence electrons. The molecule has 2 rings (SSSR count). The highest BCUT2D eigenvalue weighted by Crippen LogP contribution is 2.44. The molecule has 1 atom stereocenters. The molecule has 1 unspecified atom stereocenters. The van der Waals surface area contributed by atoms with Crippen LogP contribution >= 0.6 is 0 Å². The van der Waals surface area contributed by atoms with Crippen LogP contribution < -0.4 is 0 Å². The van der Waals surface area contributed by atoms with E-state index in [1.807, 2.05) is 6.92 Å². The van der Waals surface area contributed by atoms with Crippen LogP contribution in [0.2, 0.25) is 0 Å². The van der Waals surface area contributed by atoms with Gasteiger partial charge >= 0.3 is 0 Å². The van der Waals surface area contributed by atoms with Gasteiger partial charge in [-0.2, -0.15) is 0 Å². The second-order valence-corrected chi connectivity index (χ2v) is 4.19. The number of hydrogen-bond acceptors (Lipinski definition) is 3. The monoisotopic (exact) mass is 198 g/mol. The Labute approximate surface area is 84.8 Å². The molecular weight excluding hydrogens is 180 g/mol. The summed E-state index contributed by atoms with van der Waals surface area (Å²) in [4.78, 5) is 11.4.